The SMILES string of the molecule is COc1ccc(CN2CCN(C(=O)/C=C/c3ccc([N+](=O)[O-])o3)CC2)cc1. The molecule has 2 aromatic rings. The fourth-order valence-electron chi connectivity index (χ4n) is 2.90. The fraction of sp³-hybridized carbons (Fsp3) is 0.316. The molecular formula is C19H21N3O5. The van der Waals surface area contributed by atoms with Crippen LogP contribution in [-0.2, 0) is 11.3 Å². The Kier molecular flexibility index (Phi) is 5.87. The van der Waals surface area contributed by atoms with Crippen molar-refractivity contribution in [3.05, 3.63) is 63.9 Å². The van der Waals surface area contributed by atoms with Gasteiger partial charge in [0.05, 0.1) is 13.2 Å². The Balaban J connectivity index is 1.48. The van der Waals surface area contributed by atoms with Crippen LogP contribution in [0.25, 0.3) is 6.08 Å². The molecule has 0 unspecified atom stereocenters. The molecule has 0 saturated carbocycles. The number of piperazine rings is 1. The van der Waals surface area contributed by atoms with E-state index in [1.165, 1.54) is 29.8 Å². The topological polar surface area (TPSA) is 89.1 Å². The Hall–Kier alpha value is -3.13. The second-order valence-corrected chi connectivity index (χ2v) is 6.22. The first-order chi connectivity index (χ1) is 13.0. The van der Waals surface area contributed by atoms with Crippen molar-refractivity contribution in [2.75, 3.05) is 33.3 Å². The van der Waals surface area contributed by atoms with E-state index < -0.39 is 4.92 Å². The van der Waals surface area contributed by atoms with Crippen molar-refractivity contribution < 1.29 is 18.9 Å². The van der Waals surface area contributed by atoms with Gasteiger partial charge in [-0.15, -0.1) is 0 Å². The van der Waals surface area contributed by atoms with Crippen molar-refractivity contribution in [1.82, 2.24) is 9.80 Å². The summed E-state index contributed by atoms with van der Waals surface area (Å²) in [6, 6.07) is 10.7. The highest BCUT2D eigenvalue weighted by molar-refractivity contribution is 5.91. The van der Waals surface area contributed by atoms with Crippen molar-refractivity contribution in [3.63, 3.8) is 0 Å². The molecule has 1 aliphatic heterocycles. The van der Waals surface area contributed by atoms with Crippen LogP contribution < -0.4 is 4.74 Å². The van der Waals surface area contributed by atoms with E-state index in [1.807, 2.05) is 24.3 Å². The molecule has 8 heteroatoms. The molecular weight excluding hydrogens is 350 g/mol. The van der Waals surface area contributed by atoms with Gasteiger partial charge < -0.3 is 14.1 Å². The number of carbonyl (C=O) groups excluding carboxylic acids is 1. The smallest absolute Gasteiger partial charge is 0.433 e. The predicted molar refractivity (Wildman–Crippen MR) is 99.2 cm³/mol. The third kappa shape index (κ3) is 4.95. The third-order valence-electron chi connectivity index (χ3n) is 4.43. The van der Waals surface area contributed by atoms with Crippen molar-refractivity contribution in [2.24, 2.45) is 0 Å². The summed E-state index contributed by atoms with van der Waals surface area (Å²) in [6.45, 7) is 3.68. The maximum atomic E-state index is 12.3. The summed E-state index contributed by atoms with van der Waals surface area (Å²) in [5.41, 5.74) is 1.20. The van der Waals surface area contributed by atoms with Crippen molar-refractivity contribution in [2.45, 2.75) is 6.54 Å². The monoisotopic (exact) mass is 371 g/mol. The van der Waals surface area contributed by atoms with E-state index in [0.717, 1.165) is 25.4 Å². The van der Waals surface area contributed by atoms with E-state index in [1.54, 1.807) is 12.0 Å². The quantitative estimate of drug-likeness (QED) is 0.440. The average Bonchev–Trinajstić information content (AvgIpc) is 3.17. The molecule has 1 aromatic carbocycles. The van der Waals surface area contributed by atoms with Gasteiger partial charge in [0.15, 0.2) is 0 Å². The predicted octanol–water partition coefficient (Wildman–Crippen LogP) is 2.55. The number of methoxy groups -OCH3 is 1. The summed E-state index contributed by atoms with van der Waals surface area (Å²) in [4.78, 5) is 26.3. The van der Waals surface area contributed by atoms with Crippen LogP contribution in [0.15, 0.2) is 46.9 Å². The first kappa shape index (κ1) is 18.7. The maximum absolute atomic E-state index is 12.3. The van der Waals surface area contributed by atoms with E-state index in [4.69, 9.17) is 9.15 Å². The van der Waals surface area contributed by atoms with Crippen LogP contribution in [0, 0.1) is 10.1 Å². The van der Waals surface area contributed by atoms with Gasteiger partial charge >= 0.3 is 5.88 Å². The zero-order valence-electron chi connectivity index (χ0n) is 15.0. The minimum atomic E-state index is -0.610. The highest BCUT2D eigenvalue weighted by Gasteiger charge is 2.20. The number of hydrogen-bond acceptors (Lipinski definition) is 6. The molecule has 2 heterocycles. The van der Waals surface area contributed by atoms with Gasteiger partial charge in [-0.05, 0) is 29.8 Å². The lowest BCUT2D eigenvalue weighted by atomic mass is 10.2. The lowest BCUT2D eigenvalue weighted by molar-refractivity contribution is -0.402. The zero-order chi connectivity index (χ0) is 19.2. The molecule has 0 atom stereocenters. The number of ether oxygens (including phenoxy) is 1. The van der Waals surface area contributed by atoms with Crippen molar-refractivity contribution >= 4 is 17.9 Å². The summed E-state index contributed by atoms with van der Waals surface area (Å²) in [5.74, 6) is 0.656. The van der Waals surface area contributed by atoms with Gasteiger partial charge in [-0.25, -0.2) is 0 Å². The molecule has 1 fully saturated rings. The normalized spacial score (nSPS) is 15.2. The molecule has 0 aliphatic carbocycles. The Morgan fingerprint density at radius 2 is 1.89 bits per heavy atom. The lowest BCUT2D eigenvalue weighted by Gasteiger charge is -2.34. The van der Waals surface area contributed by atoms with E-state index in [-0.39, 0.29) is 17.6 Å². The molecule has 1 aromatic heterocycles. The minimum Gasteiger partial charge on any atom is -0.497 e. The van der Waals surface area contributed by atoms with Crippen molar-refractivity contribution in [1.29, 1.82) is 0 Å². The van der Waals surface area contributed by atoms with Gasteiger partial charge in [0.1, 0.15) is 16.4 Å². The molecule has 1 aliphatic rings. The lowest BCUT2D eigenvalue weighted by Crippen LogP contribution is -2.47. The third-order valence-corrected chi connectivity index (χ3v) is 4.43. The maximum Gasteiger partial charge on any atom is 0.433 e. The summed E-state index contributed by atoms with van der Waals surface area (Å²) < 4.78 is 10.2. The highest BCUT2D eigenvalue weighted by atomic mass is 16.6. The molecule has 1 amide bonds. The molecule has 8 nitrogen and oxygen atoms in total. The molecule has 0 N–H and O–H groups in total. The van der Waals surface area contributed by atoms with Crippen LogP contribution in [0.2, 0.25) is 0 Å². The number of benzene rings is 1. The number of nitro groups is 1. The van der Waals surface area contributed by atoms with Crippen LogP contribution in [0.4, 0.5) is 5.88 Å². The summed E-state index contributed by atoms with van der Waals surface area (Å²) in [6.07, 6.45) is 2.85. The first-order valence-electron chi connectivity index (χ1n) is 8.61. The number of amides is 1. The highest BCUT2D eigenvalue weighted by Crippen LogP contribution is 2.17. The second-order valence-electron chi connectivity index (χ2n) is 6.22. The number of rotatable bonds is 6. The van der Waals surface area contributed by atoms with Gasteiger partial charge in [-0.3, -0.25) is 19.8 Å². The molecule has 1 saturated heterocycles. The van der Waals surface area contributed by atoms with Gasteiger partial charge in [0.25, 0.3) is 0 Å². The van der Waals surface area contributed by atoms with Crippen LogP contribution in [0.1, 0.15) is 11.3 Å². The molecule has 3 rings (SSSR count). The number of furan rings is 1. The molecule has 0 radical (unpaired) electrons. The Morgan fingerprint density at radius 1 is 1.19 bits per heavy atom. The molecule has 0 bridgehead atoms. The summed E-state index contributed by atoms with van der Waals surface area (Å²) >= 11 is 0. The standard InChI is InChI=1S/C19H21N3O5/c1-26-16-4-2-15(3-5-16)14-20-10-12-21(13-11-20)18(23)8-6-17-7-9-19(27-17)22(24)25/h2-9H,10-14H2,1H3/b8-6+. The largest absolute Gasteiger partial charge is 0.497 e. The number of nitrogens with zero attached hydrogens (tertiary/aromatic N) is 3. The second kappa shape index (κ2) is 8.50. The molecule has 0 spiro atoms. The van der Waals surface area contributed by atoms with Crippen molar-refractivity contribution in [3.8, 4) is 5.75 Å². The Morgan fingerprint density at radius 3 is 2.48 bits per heavy atom. The minimum absolute atomic E-state index is 0.127. The zero-order valence-corrected chi connectivity index (χ0v) is 15.0. The average molecular weight is 371 g/mol. The van der Waals surface area contributed by atoms with Gasteiger partial charge in [0, 0.05) is 38.8 Å². The van der Waals surface area contributed by atoms with Crippen LogP contribution in [-0.4, -0.2) is 53.9 Å². The molecule has 27 heavy (non-hydrogen) atoms. The first-order valence-corrected chi connectivity index (χ1v) is 8.61. The summed E-state index contributed by atoms with van der Waals surface area (Å²) in [7, 11) is 1.65. The number of carbonyl (C=O) groups is 1. The van der Waals surface area contributed by atoms with Crippen LogP contribution in [0.5, 0.6) is 5.75 Å². The number of hydrogen-bond donors (Lipinski definition) is 0. The van der Waals surface area contributed by atoms with Crippen LogP contribution >= 0.6 is 0 Å². The Bertz CT molecular complexity index is 820. The van der Waals surface area contributed by atoms with Crippen LogP contribution in [0.3, 0.4) is 0 Å². The van der Waals surface area contributed by atoms with E-state index in [0.29, 0.717) is 13.1 Å². The Labute approximate surface area is 156 Å². The summed E-state index contributed by atoms with van der Waals surface area (Å²) in [5, 5.41) is 10.6. The molecule has 142 valence electrons. The van der Waals surface area contributed by atoms with E-state index >= 15 is 0 Å². The van der Waals surface area contributed by atoms with Gasteiger partial charge in [-0.2, -0.15) is 0 Å². The van der Waals surface area contributed by atoms with E-state index in [2.05, 4.69) is 4.90 Å². The fourth-order valence-corrected chi connectivity index (χ4v) is 2.90. The van der Waals surface area contributed by atoms with Gasteiger partial charge in [0.2, 0.25) is 5.91 Å². The van der Waals surface area contributed by atoms with E-state index in [9.17, 15) is 14.9 Å². The van der Waals surface area contributed by atoms with Gasteiger partial charge in [-0.1, -0.05) is 12.1 Å².